The van der Waals surface area contributed by atoms with Crippen molar-refractivity contribution in [2.75, 3.05) is 26.3 Å². The summed E-state index contributed by atoms with van der Waals surface area (Å²) in [6.45, 7) is 1.44. The van der Waals surface area contributed by atoms with E-state index in [-0.39, 0.29) is 22.2 Å². The third-order valence-corrected chi connectivity index (χ3v) is 6.16. The van der Waals surface area contributed by atoms with Crippen molar-refractivity contribution < 1.29 is 22.1 Å². The molecule has 9 heteroatoms. The Morgan fingerprint density at radius 2 is 1.70 bits per heavy atom. The fraction of sp³-hybridized carbons (Fsp3) is 0.222. The highest BCUT2D eigenvalue weighted by Crippen LogP contribution is 2.25. The summed E-state index contributed by atoms with van der Waals surface area (Å²) in [6.07, 6.45) is 0. The van der Waals surface area contributed by atoms with Crippen LogP contribution in [0.4, 0.5) is 4.39 Å². The van der Waals surface area contributed by atoms with E-state index in [0.717, 1.165) is 0 Å². The van der Waals surface area contributed by atoms with Gasteiger partial charge in [-0.15, -0.1) is 0 Å². The quantitative estimate of drug-likeness (QED) is 0.682. The smallest absolute Gasteiger partial charge is 0.261 e. The molecule has 1 fully saturated rings. The second kappa shape index (κ2) is 7.18. The summed E-state index contributed by atoms with van der Waals surface area (Å²) in [5.74, 6) is -0.142. The molecule has 0 amide bonds. The van der Waals surface area contributed by atoms with Gasteiger partial charge in [-0.3, -0.25) is 0 Å². The van der Waals surface area contributed by atoms with Crippen molar-refractivity contribution in [3.8, 4) is 22.8 Å². The molecule has 1 aliphatic rings. The second-order valence-corrected chi connectivity index (χ2v) is 7.88. The molecular formula is C18H16FN3O4S. The molecule has 0 aliphatic carbocycles. The van der Waals surface area contributed by atoms with Gasteiger partial charge in [-0.25, -0.2) is 12.8 Å². The fourth-order valence-corrected chi connectivity index (χ4v) is 4.20. The van der Waals surface area contributed by atoms with E-state index >= 15 is 0 Å². The van der Waals surface area contributed by atoms with Gasteiger partial charge in [-0.1, -0.05) is 17.3 Å². The zero-order chi connectivity index (χ0) is 18.9. The number of aromatic nitrogens is 2. The third kappa shape index (κ3) is 3.48. The zero-order valence-electron chi connectivity index (χ0n) is 14.2. The highest BCUT2D eigenvalue weighted by Gasteiger charge is 2.26. The van der Waals surface area contributed by atoms with Crippen LogP contribution in [0.1, 0.15) is 0 Å². The van der Waals surface area contributed by atoms with Crippen LogP contribution < -0.4 is 0 Å². The molecule has 0 saturated carbocycles. The molecule has 2 heterocycles. The molecule has 2 aromatic carbocycles. The van der Waals surface area contributed by atoms with Gasteiger partial charge < -0.3 is 9.26 Å². The molecule has 27 heavy (non-hydrogen) atoms. The van der Waals surface area contributed by atoms with Gasteiger partial charge in [0.05, 0.1) is 23.7 Å². The lowest BCUT2D eigenvalue weighted by molar-refractivity contribution is 0.0730. The number of rotatable bonds is 4. The molecule has 7 nitrogen and oxygen atoms in total. The first-order chi connectivity index (χ1) is 13.1. The van der Waals surface area contributed by atoms with E-state index in [1.54, 1.807) is 30.3 Å². The summed E-state index contributed by atoms with van der Waals surface area (Å²) >= 11 is 0. The summed E-state index contributed by atoms with van der Waals surface area (Å²) in [4.78, 5) is 4.39. The van der Waals surface area contributed by atoms with Crippen LogP contribution in [-0.2, 0) is 14.8 Å². The van der Waals surface area contributed by atoms with Crippen LogP contribution in [0, 0.1) is 5.82 Å². The van der Waals surface area contributed by atoms with Crippen molar-refractivity contribution in [3.05, 3.63) is 54.3 Å². The largest absolute Gasteiger partial charge is 0.379 e. The number of hydrogen-bond acceptors (Lipinski definition) is 6. The van der Waals surface area contributed by atoms with Crippen LogP contribution in [-0.4, -0.2) is 49.2 Å². The topological polar surface area (TPSA) is 85.5 Å². The zero-order valence-corrected chi connectivity index (χ0v) is 15.0. The van der Waals surface area contributed by atoms with E-state index < -0.39 is 15.8 Å². The first-order valence-corrected chi connectivity index (χ1v) is 9.77. The molecule has 0 radical (unpaired) electrons. The second-order valence-electron chi connectivity index (χ2n) is 5.94. The minimum Gasteiger partial charge on any atom is -0.379 e. The molecule has 140 valence electrons. The predicted molar refractivity (Wildman–Crippen MR) is 94.7 cm³/mol. The molecule has 0 atom stereocenters. The van der Waals surface area contributed by atoms with Gasteiger partial charge >= 0.3 is 0 Å². The Balaban J connectivity index is 1.59. The summed E-state index contributed by atoms with van der Waals surface area (Å²) in [6, 6.07) is 12.3. The van der Waals surface area contributed by atoms with Gasteiger partial charge in [0.2, 0.25) is 15.8 Å². The number of nitrogens with zero attached hydrogens (tertiary/aromatic N) is 3. The summed E-state index contributed by atoms with van der Waals surface area (Å²) in [5.41, 5.74) is 0.782. The van der Waals surface area contributed by atoms with Crippen LogP contribution in [0.25, 0.3) is 22.8 Å². The Morgan fingerprint density at radius 1 is 1.00 bits per heavy atom. The normalized spacial score (nSPS) is 15.7. The van der Waals surface area contributed by atoms with Crippen molar-refractivity contribution >= 4 is 10.0 Å². The highest BCUT2D eigenvalue weighted by molar-refractivity contribution is 7.89. The molecule has 1 aliphatic heterocycles. The van der Waals surface area contributed by atoms with E-state index in [9.17, 15) is 12.8 Å². The monoisotopic (exact) mass is 389 g/mol. The van der Waals surface area contributed by atoms with Gasteiger partial charge in [-0.05, 0) is 36.4 Å². The average molecular weight is 389 g/mol. The maximum absolute atomic E-state index is 13.8. The number of morpholine rings is 1. The SMILES string of the molecule is O=S(=O)(c1ccc(-c2noc(-c3ccccc3F)n2)cc1)N1CCOCC1. The van der Waals surface area contributed by atoms with Gasteiger partial charge in [0.15, 0.2) is 0 Å². The maximum atomic E-state index is 13.8. The molecule has 1 saturated heterocycles. The molecule has 0 N–H and O–H groups in total. The Kier molecular flexibility index (Phi) is 4.73. The van der Waals surface area contributed by atoms with Gasteiger partial charge in [0.25, 0.3) is 5.89 Å². The predicted octanol–water partition coefficient (Wildman–Crippen LogP) is 2.56. The van der Waals surface area contributed by atoms with Crippen LogP contribution >= 0.6 is 0 Å². The molecular weight excluding hydrogens is 373 g/mol. The summed E-state index contributed by atoms with van der Waals surface area (Å²) in [7, 11) is -3.56. The van der Waals surface area contributed by atoms with E-state index in [0.29, 0.717) is 31.9 Å². The van der Waals surface area contributed by atoms with Crippen molar-refractivity contribution in [1.82, 2.24) is 14.4 Å². The number of ether oxygens (including phenoxy) is 1. The standard InChI is InChI=1S/C18H16FN3O4S/c19-16-4-2-1-3-15(16)18-20-17(21-26-18)13-5-7-14(8-6-13)27(23,24)22-9-11-25-12-10-22/h1-8H,9-12H2. The molecule has 3 aromatic rings. The third-order valence-electron chi connectivity index (χ3n) is 4.25. The van der Waals surface area contributed by atoms with Crippen LogP contribution in [0.2, 0.25) is 0 Å². The van der Waals surface area contributed by atoms with E-state index in [1.807, 2.05) is 0 Å². The Hall–Kier alpha value is -2.62. The van der Waals surface area contributed by atoms with Crippen molar-refractivity contribution in [2.24, 2.45) is 0 Å². The first-order valence-electron chi connectivity index (χ1n) is 8.33. The molecule has 0 bridgehead atoms. The Labute approximate surface area is 155 Å². The maximum Gasteiger partial charge on any atom is 0.261 e. The van der Waals surface area contributed by atoms with Crippen LogP contribution in [0.15, 0.2) is 57.9 Å². The first kappa shape index (κ1) is 17.8. The number of hydrogen-bond donors (Lipinski definition) is 0. The Morgan fingerprint density at radius 3 is 2.41 bits per heavy atom. The number of sulfonamides is 1. The van der Waals surface area contributed by atoms with Gasteiger partial charge in [-0.2, -0.15) is 9.29 Å². The average Bonchev–Trinajstić information content (AvgIpc) is 3.19. The number of benzene rings is 2. The Bertz CT molecular complexity index is 1040. The van der Waals surface area contributed by atoms with Crippen molar-refractivity contribution in [2.45, 2.75) is 4.90 Å². The van der Waals surface area contributed by atoms with Crippen LogP contribution in [0.5, 0.6) is 0 Å². The molecule has 4 rings (SSSR count). The van der Waals surface area contributed by atoms with Crippen molar-refractivity contribution in [3.63, 3.8) is 0 Å². The lowest BCUT2D eigenvalue weighted by atomic mass is 10.2. The van der Waals surface area contributed by atoms with Crippen LogP contribution in [0.3, 0.4) is 0 Å². The van der Waals surface area contributed by atoms with Gasteiger partial charge in [0, 0.05) is 18.7 Å². The lowest BCUT2D eigenvalue weighted by Crippen LogP contribution is -2.40. The minimum absolute atomic E-state index is 0.0631. The van der Waals surface area contributed by atoms with Crippen molar-refractivity contribution in [1.29, 1.82) is 0 Å². The minimum atomic E-state index is -3.56. The lowest BCUT2D eigenvalue weighted by Gasteiger charge is -2.26. The highest BCUT2D eigenvalue weighted by atomic mass is 32.2. The van der Waals surface area contributed by atoms with Gasteiger partial charge in [0.1, 0.15) is 5.82 Å². The molecule has 0 unspecified atom stereocenters. The molecule has 1 aromatic heterocycles. The summed E-state index contributed by atoms with van der Waals surface area (Å²) in [5, 5.41) is 3.86. The number of halogens is 1. The van der Waals surface area contributed by atoms with E-state index in [1.165, 1.54) is 22.5 Å². The fourth-order valence-electron chi connectivity index (χ4n) is 2.80. The van der Waals surface area contributed by atoms with E-state index in [4.69, 9.17) is 9.26 Å². The molecule has 0 spiro atoms. The summed E-state index contributed by atoms with van der Waals surface area (Å²) < 4.78 is 50.9. The van der Waals surface area contributed by atoms with E-state index in [2.05, 4.69) is 10.1 Å².